The molecule has 0 heterocycles. The Labute approximate surface area is 87.4 Å². The van der Waals surface area contributed by atoms with Crippen molar-refractivity contribution in [2.75, 3.05) is 0 Å². The molecular formula is C7H11Cl3N2. The zero-order valence-corrected chi connectivity index (χ0v) is 9.43. The van der Waals surface area contributed by atoms with Gasteiger partial charge in [-0.15, -0.1) is 0 Å². The molecule has 0 aromatic rings. The number of nitrogens with zero attached hydrogens (tertiary/aromatic N) is 1. The van der Waals surface area contributed by atoms with E-state index in [1.165, 1.54) is 6.92 Å². The monoisotopic (exact) mass is 228 g/mol. The van der Waals surface area contributed by atoms with E-state index in [0.717, 1.165) is 5.57 Å². The lowest BCUT2D eigenvalue weighted by molar-refractivity contribution is 1.13. The Bertz CT molecular complexity index is 221. The van der Waals surface area contributed by atoms with Crippen LogP contribution >= 0.6 is 34.8 Å². The second-order valence-corrected chi connectivity index (χ2v) is 4.74. The van der Waals surface area contributed by atoms with Gasteiger partial charge in [-0.05, 0) is 26.3 Å². The van der Waals surface area contributed by atoms with Crippen molar-refractivity contribution in [3.05, 3.63) is 10.7 Å². The molecule has 0 bridgehead atoms. The second-order valence-electron chi connectivity index (χ2n) is 2.68. The van der Waals surface area contributed by atoms with Crippen LogP contribution in [-0.4, -0.2) is 10.2 Å². The lowest BCUT2D eigenvalue weighted by Gasteiger charge is -2.11. The molecule has 0 rings (SSSR count). The van der Waals surface area contributed by atoms with Crippen LogP contribution in [0.2, 0.25) is 0 Å². The topological polar surface area (TPSA) is 38.4 Å². The van der Waals surface area contributed by atoms with E-state index in [1.54, 1.807) is 0 Å². The zero-order valence-electron chi connectivity index (χ0n) is 7.16. The molecule has 0 saturated heterocycles. The van der Waals surface area contributed by atoms with Gasteiger partial charge in [0.15, 0.2) is 4.33 Å². The minimum absolute atomic E-state index is 0.0945. The number of alkyl halides is 2. The third-order valence-electron chi connectivity index (χ3n) is 1.08. The lowest BCUT2D eigenvalue weighted by Crippen LogP contribution is -2.30. The summed E-state index contributed by atoms with van der Waals surface area (Å²) in [4.78, 5) is 3.82. The molecule has 0 spiro atoms. The lowest BCUT2D eigenvalue weighted by atomic mass is 10.4. The molecule has 5 heteroatoms. The van der Waals surface area contributed by atoms with E-state index in [4.69, 9.17) is 40.5 Å². The summed E-state index contributed by atoms with van der Waals surface area (Å²) in [6.07, 6.45) is 0. The van der Waals surface area contributed by atoms with Crippen molar-refractivity contribution >= 4 is 40.6 Å². The van der Waals surface area contributed by atoms with Crippen molar-refractivity contribution in [3.63, 3.8) is 0 Å². The molecule has 0 aromatic carbocycles. The quantitative estimate of drug-likeness (QED) is 0.336. The number of aliphatic imine (C=N–C) groups is 1. The highest BCUT2D eigenvalue weighted by molar-refractivity contribution is 6.58. The molecule has 2 nitrogen and oxygen atoms in total. The molecule has 12 heavy (non-hydrogen) atoms. The first-order chi connectivity index (χ1) is 5.25. The average Bonchev–Trinajstić information content (AvgIpc) is 1.85. The minimum atomic E-state index is -1.17. The molecular weight excluding hydrogens is 218 g/mol. The molecule has 0 aliphatic rings. The zero-order chi connectivity index (χ0) is 9.94. The van der Waals surface area contributed by atoms with Crippen LogP contribution in [0.3, 0.4) is 0 Å². The summed E-state index contributed by atoms with van der Waals surface area (Å²) < 4.78 is -1.17. The van der Waals surface area contributed by atoms with Crippen molar-refractivity contribution in [1.82, 2.24) is 0 Å². The first-order valence-electron chi connectivity index (χ1n) is 3.30. The fourth-order valence-corrected chi connectivity index (χ4v) is 0.491. The molecule has 70 valence electrons. The summed E-state index contributed by atoms with van der Waals surface area (Å²) in [5, 5.41) is 0.319. The van der Waals surface area contributed by atoms with Gasteiger partial charge in [0.25, 0.3) is 0 Å². The van der Waals surface area contributed by atoms with Gasteiger partial charge in [0, 0.05) is 0 Å². The molecule has 0 fully saturated rings. The summed E-state index contributed by atoms with van der Waals surface area (Å²) in [7, 11) is 0. The molecule has 0 saturated carbocycles. The first-order valence-corrected chi connectivity index (χ1v) is 4.44. The maximum atomic E-state index is 5.71. The summed E-state index contributed by atoms with van der Waals surface area (Å²) in [5.74, 6) is 0.0945. The number of rotatable bonds is 2. The maximum Gasteiger partial charge on any atom is 0.172 e. The third kappa shape index (κ3) is 4.19. The number of halogens is 3. The highest BCUT2D eigenvalue weighted by Gasteiger charge is 2.21. The standard InChI is InChI=1S/C7H11Cl3N2/c1-4(2)5(8)12-6(11)7(3,9)10/h1-3H3,(H2,11,12). The highest BCUT2D eigenvalue weighted by Crippen LogP contribution is 2.21. The van der Waals surface area contributed by atoms with Crippen molar-refractivity contribution in [2.45, 2.75) is 25.1 Å². The van der Waals surface area contributed by atoms with Crippen molar-refractivity contribution in [2.24, 2.45) is 10.7 Å². The van der Waals surface area contributed by atoms with Crippen LogP contribution in [0.4, 0.5) is 0 Å². The maximum absolute atomic E-state index is 5.71. The Balaban J connectivity index is 4.71. The smallest absolute Gasteiger partial charge is 0.172 e. The SMILES string of the molecule is CC(C)=C(Cl)/N=C(/N)C(C)(Cl)Cl. The van der Waals surface area contributed by atoms with Crippen LogP contribution < -0.4 is 5.73 Å². The van der Waals surface area contributed by atoms with Gasteiger partial charge < -0.3 is 5.73 Å². The van der Waals surface area contributed by atoms with Gasteiger partial charge in [-0.1, -0.05) is 34.8 Å². The molecule has 0 aliphatic carbocycles. The Morgan fingerprint density at radius 3 is 2.00 bits per heavy atom. The molecule has 0 aromatic heterocycles. The number of hydrogen-bond donors (Lipinski definition) is 1. The van der Waals surface area contributed by atoms with Crippen molar-refractivity contribution in [1.29, 1.82) is 0 Å². The fraction of sp³-hybridized carbons (Fsp3) is 0.571. The second kappa shape index (κ2) is 4.35. The van der Waals surface area contributed by atoms with Gasteiger partial charge in [-0.3, -0.25) is 0 Å². The van der Waals surface area contributed by atoms with Gasteiger partial charge in [0.2, 0.25) is 0 Å². The van der Waals surface area contributed by atoms with E-state index in [9.17, 15) is 0 Å². The number of allylic oxidation sites excluding steroid dienone is 1. The summed E-state index contributed by atoms with van der Waals surface area (Å²) in [5.41, 5.74) is 6.32. The van der Waals surface area contributed by atoms with Crippen LogP contribution in [0.5, 0.6) is 0 Å². The van der Waals surface area contributed by atoms with Crippen molar-refractivity contribution < 1.29 is 0 Å². The van der Waals surface area contributed by atoms with Gasteiger partial charge in [0.1, 0.15) is 11.0 Å². The van der Waals surface area contributed by atoms with Crippen LogP contribution in [0.25, 0.3) is 0 Å². The van der Waals surface area contributed by atoms with Gasteiger partial charge >= 0.3 is 0 Å². The van der Waals surface area contributed by atoms with Gasteiger partial charge in [0.05, 0.1) is 0 Å². The molecule has 0 radical (unpaired) electrons. The normalized spacial score (nSPS) is 13.0. The predicted molar refractivity (Wildman–Crippen MR) is 56.0 cm³/mol. The molecule has 0 aliphatic heterocycles. The highest BCUT2D eigenvalue weighted by atomic mass is 35.5. The molecule has 0 unspecified atom stereocenters. The third-order valence-corrected chi connectivity index (χ3v) is 1.93. The average molecular weight is 230 g/mol. The van der Waals surface area contributed by atoms with E-state index < -0.39 is 4.33 Å². The van der Waals surface area contributed by atoms with E-state index in [1.807, 2.05) is 13.8 Å². The minimum Gasteiger partial charge on any atom is -0.385 e. The van der Waals surface area contributed by atoms with E-state index >= 15 is 0 Å². The number of hydrogen-bond acceptors (Lipinski definition) is 1. The van der Waals surface area contributed by atoms with Crippen LogP contribution in [0.1, 0.15) is 20.8 Å². The molecule has 0 atom stereocenters. The molecule has 0 amide bonds. The predicted octanol–water partition coefficient (Wildman–Crippen LogP) is 3.03. The van der Waals surface area contributed by atoms with E-state index in [2.05, 4.69) is 4.99 Å². The number of amidine groups is 1. The first kappa shape index (κ1) is 12.1. The Hall–Kier alpha value is 0.0800. The summed E-state index contributed by atoms with van der Waals surface area (Å²) >= 11 is 17.0. The van der Waals surface area contributed by atoms with Crippen LogP contribution in [0, 0.1) is 0 Å². The Morgan fingerprint density at radius 1 is 1.33 bits per heavy atom. The van der Waals surface area contributed by atoms with Crippen molar-refractivity contribution in [3.8, 4) is 0 Å². The Kier molecular flexibility index (Phi) is 4.38. The van der Waals surface area contributed by atoms with E-state index in [-0.39, 0.29) is 5.84 Å². The summed E-state index contributed by atoms with van der Waals surface area (Å²) in [6.45, 7) is 5.17. The van der Waals surface area contributed by atoms with Crippen LogP contribution in [0.15, 0.2) is 15.7 Å². The molecule has 2 N–H and O–H groups in total. The van der Waals surface area contributed by atoms with Crippen LogP contribution in [-0.2, 0) is 0 Å². The number of nitrogens with two attached hydrogens (primary N) is 1. The van der Waals surface area contributed by atoms with E-state index in [0.29, 0.717) is 5.16 Å². The summed E-state index contributed by atoms with van der Waals surface area (Å²) in [6, 6.07) is 0. The Morgan fingerprint density at radius 2 is 1.75 bits per heavy atom. The fourth-order valence-electron chi connectivity index (χ4n) is 0.316. The largest absolute Gasteiger partial charge is 0.385 e. The van der Waals surface area contributed by atoms with Gasteiger partial charge in [-0.25, -0.2) is 4.99 Å². The van der Waals surface area contributed by atoms with Gasteiger partial charge in [-0.2, -0.15) is 0 Å².